The topological polar surface area (TPSA) is 67.2 Å². The molecule has 1 fully saturated rings. The molecule has 1 aliphatic rings. The van der Waals surface area contributed by atoms with E-state index in [1.54, 1.807) is 23.5 Å². The van der Waals surface area contributed by atoms with Gasteiger partial charge in [-0.25, -0.2) is 0 Å². The third-order valence-electron chi connectivity index (χ3n) is 5.62. The number of aromatic nitrogens is 2. The second kappa shape index (κ2) is 9.36. The number of nitrogens with zero attached hydrogens (tertiary/aromatic N) is 3. The first-order valence-corrected chi connectivity index (χ1v) is 11.2. The molecule has 7 heteroatoms. The summed E-state index contributed by atoms with van der Waals surface area (Å²) in [4.78, 5) is 28.8. The van der Waals surface area contributed by atoms with Crippen LogP contribution in [0.5, 0.6) is 0 Å². The Bertz CT molecular complexity index is 1020. The van der Waals surface area contributed by atoms with Crippen molar-refractivity contribution >= 4 is 17.2 Å². The molecule has 30 heavy (non-hydrogen) atoms. The molecule has 3 aromatic rings. The van der Waals surface area contributed by atoms with Gasteiger partial charge in [-0.1, -0.05) is 31.2 Å². The van der Waals surface area contributed by atoms with Crippen molar-refractivity contribution in [3.8, 4) is 5.69 Å². The second-order valence-corrected chi connectivity index (χ2v) is 8.74. The van der Waals surface area contributed by atoms with Crippen LogP contribution in [0.15, 0.2) is 64.8 Å². The van der Waals surface area contributed by atoms with E-state index in [-0.39, 0.29) is 23.2 Å². The number of hydrogen-bond donors (Lipinski definition) is 1. The Morgan fingerprint density at radius 2 is 1.90 bits per heavy atom. The Kier molecular flexibility index (Phi) is 6.40. The standard InChI is InChI=1S/C23H26N4O2S/c1-17-11-13-26(14-12-17)20(21-8-5-15-30-21)16-24-23(29)19-9-10-22(28)27(25-19)18-6-3-2-4-7-18/h2-10,15,17,20H,11-14,16H2,1H3,(H,24,29). The number of para-hydroxylation sites is 1. The van der Waals surface area contributed by atoms with Crippen LogP contribution in [-0.2, 0) is 0 Å². The van der Waals surface area contributed by atoms with Crippen LogP contribution < -0.4 is 10.9 Å². The summed E-state index contributed by atoms with van der Waals surface area (Å²) in [5.74, 6) is 0.481. The fraction of sp³-hybridized carbons (Fsp3) is 0.348. The molecule has 4 rings (SSSR count). The first kappa shape index (κ1) is 20.5. The normalized spacial score (nSPS) is 16.3. The highest BCUT2D eigenvalue weighted by Crippen LogP contribution is 2.29. The Hall–Kier alpha value is -2.77. The molecule has 0 aliphatic carbocycles. The summed E-state index contributed by atoms with van der Waals surface area (Å²) in [6.45, 7) is 4.89. The van der Waals surface area contributed by atoms with E-state index in [1.807, 2.05) is 18.2 Å². The van der Waals surface area contributed by atoms with Gasteiger partial charge in [0.2, 0.25) is 0 Å². The summed E-state index contributed by atoms with van der Waals surface area (Å²) in [6, 6.07) is 16.3. The molecule has 1 aromatic carbocycles. The molecular formula is C23H26N4O2S. The van der Waals surface area contributed by atoms with Crippen molar-refractivity contribution in [3.05, 3.63) is 80.9 Å². The highest BCUT2D eigenvalue weighted by Gasteiger charge is 2.26. The highest BCUT2D eigenvalue weighted by molar-refractivity contribution is 7.10. The Labute approximate surface area is 180 Å². The number of carbonyl (C=O) groups is 1. The van der Waals surface area contributed by atoms with Crippen molar-refractivity contribution in [1.29, 1.82) is 0 Å². The van der Waals surface area contributed by atoms with Crippen LogP contribution in [0.2, 0.25) is 0 Å². The van der Waals surface area contributed by atoms with E-state index in [2.05, 4.69) is 39.8 Å². The number of amides is 1. The number of thiophene rings is 1. The van der Waals surface area contributed by atoms with E-state index in [0.29, 0.717) is 12.2 Å². The molecule has 1 aliphatic heterocycles. The van der Waals surface area contributed by atoms with E-state index in [4.69, 9.17) is 0 Å². The summed E-state index contributed by atoms with van der Waals surface area (Å²) in [6.07, 6.45) is 2.36. The van der Waals surface area contributed by atoms with Gasteiger partial charge in [0.1, 0.15) is 5.69 Å². The van der Waals surface area contributed by atoms with Crippen molar-refractivity contribution in [2.45, 2.75) is 25.8 Å². The summed E-state index contributed by atoms with van der Waals surface area (Å²) < 4.78 is 1.26. The van der Waals surface area contributed by atoms with Crippen molar-refractivity contribution < 1.29 is 4.79 Å². The lowest BCUT2D eigenvalue weighted by molar-refractivity contribution is 0.0908. The van der Waals surface area contributed by atoms with Crippen molar-refractivity contribution in [2.24, 2.45) is 5.92 Å². The minimum Gasteiger partial charge on any atom is -0.349 e. The summed E-state index contributed by atoms with van der Waals surface area (Å²) in [5, 5.41) is 9.41. The van der Waals surface area contributed by atoms with Gasteiger partial charge < -0.3 is 5.32 Å². The first-order valence-electron chi connectivity index (χ1n) is 10.3. The fourth-order valence-corrected chi connectivity index (χ4v) is 4.66. The quantitative estimate of drug-likeness (QED) is 0.660. The van der Waals surface area contributed by atoms with Gasteiger partial charge in [0, 0.05) is 17.5 Å². The molecule has 156 valence electrons. The van der Waals surface area contributed by atoms with Crippen LogP contribution in [0, 0.1) is 5.92 Å². The third kappa shape index (κ3) is 4.68. The van der Waals surface area contributed by atoms with E-state index in [9.17, 15) is 9.59 Å². The maximum atomic E-state index is 12.8. The van der Waals surface area contributed by atoms with Gasteiger partial charge in [0.05, 0.1) is 11.7 Å². The molecule has 1 unspecified atom stereocenters. The molecular weight excluding hydrogens is 396 g/mol. The number of piperidine rings is 1. The van der Waals surface area contributed by atoms with Gasteiger partial charge in [0.25, 0.3) is 11.5 Å². The molecule has 0 spiro atoms. The zero-order chi connectivity index (χ0) is 20.9. The lowest BCUT2D eigenvalue weighted by Crippen LogP contribution is -2.42. The van der Waals surface area contributed by atoms with Gasteiger partial charge in [-0.2, -0.15) is 9.78 Å². The zero-order valence-electron chi connectivity index (χ0n) is 17.0. The second-order valence-electron chi connectivity index (χ2n) is 7.76. The molecule has 1 saturated heterocycles. The Morgan fingerprint density at radius 1 is 1.13 bits per heavy atom. The lowest BCUT2D eigenvalue weighted by Gasteiger charge is -2.36. The van der Waals surface area contributed by atoms with Gasteiger partial charge in [-0.05, 0) is 61.5 Å². The predicted molar refractivity (Wildman–Crippen MR) is 119 cm³/mol. The maximum absolute atomic E-state index is 12.8. The maximum Gasteiger partial charge on any atom is 0.271 e. The number of hydrogen-bond acceptors (Lipinski definition) is 5. The van der Waals surface area contributed by atoms with Crippen LogP contribution in [0.4, 0.5) is 0 Å². The van der Waals surface area contributed by atoms with Crippen LogP contribution in [0.3, 0.4) is 0 Å². The van der Waals surface area contributed by atoms with E-state index in [1.165, 1.54) is 34.5 Å². The Balaban J connectivity index is 1.49. The third-order valence-corrected chi connectivity index (χ3v) is 6.59. The summed E-state index contributed by atoms with van der Waals surface area (Å²) >= 11 is 1.72. The lowest BCUT2D eigenvalue weighted by atomic mass is 9.97. The molecule has 0 radical (unpaired) electrons. The van der Waals surface area contributed by atoms with E-state index in [0.717, 1.165) is 19.0 Å². The van der Waals surface area contributed by atoms with Crippen molar-refractivity contribution in [2.75, 3.05) is 19.6 Å². The molecule has 0 bridgehead atoms. The molecule has 1 amide bonds. The summed E-state index contributed by atoms with van der Waals surface area (Å²) in [5.41, 5.74) is 0.600. The molecule has 1 atom stereocenters. The smallest absolute Gasteiger partial charge is 0.271 e. The van der Waals surface area contributed by atoms with Gasteiger partial charge in [0.15, 0.2) is 0 Å². The molecule has 3 heterocycles. The van der Waals surface area contributed by atoms with E-state index < -0.39 is 0 Å². The average Bonchev–Trinajstić information content (AvgIpc) is 3.30. The zero-order valence-corrected chi connectivity index (χ0v) is 17.8. The van der Waals surface area contributed by atoms with Crippen LogP contribution >= 0.6 is 11.3 Å². The van der Waals surface area contributed by atoms with E-state index >= 15 is 0 Å². The molecule has 6 nitrogen and oxygen atoms in total. The monoisotopic (exact) mass is 422 g/mol. The van der Waals surface area contributed by atoms with Gasteiger partial charge >= 0.3 is 0 Å². The van der Waals surface area contributed by atoms with Crippen LogP contribution in [-0.4, -0.2) is 40.2 Å². The largest absolute Gasteiger partial charge is 0.349 e. The van der Waals surface area contributed by atoms with Crippen LogP contribution in [0.1, 0.15) is 41.2 Å². The SMILES string of the molecule is CC1CCN(C(CNC(=O)c2ccc(=O)n(-c3ccccc3)n2)c2cccs2)CC1. The molecule has 1 N–H and O–H groups in total. The number of rotatable bonds is 6. The van der Waals surface area contributed by atoms with Gasteiger partial charge in [-0.3, -0.25) is 14.5 Å². The van der Waals surface area contributed by atoms with Crippen molar-refractivity contribution in [1.82, 2.24) is 20.0 Å². The number of likely N-dealkylation sites (tertiary alicyclic amines) is 1. The highest BCUT2D eigenvalue weighted by atomic mass is 32.1. The minimum absolute atomic E-state index is 0.154. The number of nitrogens with one attached hydrogen (secondary N) is 1. The predicted octanol–water partition coefficient (Wildman–Crippen LogP) is 3.50. The Morgan fingerprint density at radius 3 is 2.60 bits per heavy atom. The van der Waals surface area contributed by atoms with Gasteiger partial charge in [-0.15, -0.1) is 11.3 Å². The fourth-order valence-electron chi connectivity index (χ4n) is 3.80. The number of benzene rings is 1. The average molecular weight is 423 g/mol. The molecule has 2 aromatic heterocycles. The number of carbonyl (C=O) groups excluding carboxylic acids is 1. The summed E-state index contributed by atoms with van der Waals surface area (Å²) in [7, 11) is 0. The first-order chi connectivity index (χ1) is 14.6. The molecule has 0 saturated carbocycles. The van der Waals surface area contributed by atoms with Crippen LogP contribution in [0.25, 0.3) is 5.69 Å². The van der Waals surface area contributed by atoms with Crippen molar-refractivity contribution in [3.63, 3.8) is 0 Å². The minimum atomic E-state index is -0.272.